The van der Waals surface area contributed by atoms with Crippen LogP contribution in [-0.2, 0) is 14.3 Å². The lowest BCUT2D eigenvalue weighted by atomic mass is 10.2. The Hall–Kier alpha value is -1.12. The summed E-state index contributed by atoms with van der Waals surface area (Å²) in [7, 11) is 0. The van der Waals surface area contributed by atoms with Gasteiger partial charge >= 0.3 is 5.97 Å². The molecule has 12 heavy (non-hydrogen) atoms. The van der Waals surface area contributed by atoms with Gasteiger partial charge in [0.25, 0.3) is 0 Å². The van der Waals surface area contributed by atoms with Crippen molar-refractivity contribution in [2.75, 3.05) is 6.61 Å². The number of hydrogen-bond acceptors (Lipinski definition) is 3. The zero-order valence-corrected chi connectivity index (χ0v) is 7.34. The highest BCUT2D eigenvalue weighted by molar-refractivity contribution is 6.32. The van der Waals surface area contributed by atoms with Crippen LogP contribution in [0.25, 0.3) is 0 Å². The number of hydrogen-bond donors (Lipinski definition) is 0. The van der Waals surface area contributed by atoms with Crippen LogP contribution in [-0.4, -0.2) is 18.4 Å². The van der Waals surface area contributed by atoms with Crippen LogP contribution in [0.4, 0.5) is 0 Å². The average molecular weight is 170 g/mol. The van der Waals surface area contributed by atoms with Crippen molar-refractivity contribution in [2.24, 2.45) is 0 Å². The minimum atomic E-state index is -0.742. The first-order chi connectivity index (χ1) is 5.68. The van der Waals surface area contributed by atoms with E-state index in [0.717, 1.165) is 19.3 Å². The van der Waals surface area contributed by atoms with Crippen LogP contribution in [0.2, 0.25) is 0 Å². The molecule has 0 fully saturated rings. The summed E-state index contributed by atoms with van der Waals surface area (Å²) in [6.07, 6.45) is 4.45. The molecule has 0 aliphatic carbocycles. The molecule has 0 aliphatic rings. The quantitative estimate of drug-likeness (QED) is 0.262. The number of rotatable bonds is 6. The lowest BCUT2D eigenvalue weighted by molar-refractivity contribution is -0.153. The largest absolute Gasteiger partial charge is 0.460 e. The van der Waals surface area contributed by atoms with Gasteiger partial charge < -0.3 is 4.74 Å². The molecule has 0 rings (SSSR count). The zero-order valence-electron chi connectivity index (χ0n) is 7.34. The van der Waals surface area contributed by atoms with Crippen molar-refractivity contribution < 1.29 is 14.3 Å². The zero-order chi connectivity index (χ0) is 9.40. The van der Waals surface area contributed by atoms with Gasteiger partial charge in [-0.1, -0.05) is 6.08 Å². The van der Waals surface area contributed by atoms with E-state index in [1.807, 2.05) is 6.08 Å². The van der Waals surface area contributed by atoms with E-state index in [-0.39, 0.29) is 0 Å². The minimum absolute atomic E-state index is 0.326. The monoisotopic (exact) mass is 170 g/mol. The number of esters is 1. The van der Waals surface area contributed by atoms with Crippen LogP contribution in [0.15, 0.2) is 12.7 Å². The fraction of sp³-hybridized carbons (Fsp3) is 0.556. The van der Waals surface area contributed by atoms with E-state index in [1.54, 1.807) is 0 Å². The van der Waals surface area contributed by atoms with Crippen LogP contribution in [0.3, 0.4) is 0 Å². The van der Waals surface area contributed by atoms with Crippen molar-refractivity contribution in [2.45, 2.75) is 26.2 Å². The molecule has 3 heteroatoms. The molecule has 0 saturated carbocycles. The summed E-state index contributed by atoms with van der Waals surface area (Å²) in [5.74, 6) is -1.28. The van der Waals surface area contributed by atoms with Crippen molar-refractivity contribution >= 4 is 11.8 Å². The van der Waals surface area contributed by atoms with Gasteiger partial charge in [-0.15, -0.1) is 6.58 Å². The highest BCUT2D eigenvalue weighted by Gasteiger charge is 2.07. The lowest BCUT2D eigenvalue weighted by Crippen LogP contribution is -2.14. The normalized spacial score (nSPS) is 9.08. The first-order valence-corrected chi connectivity index (χ1v) is 3.97. The molecule has 0 bridgehead atoms. The Balaban J connectivity index is 3.25. The SMILES string of the molecule is C=CCCCCOC(=O)C(C)=O. The maximum absolute atomic E-state index is 10.6. The summed E-state index contributed by atoms with van der Waals surface area (Å²) in [5, 5.41) is 0. The van der Waals surface area contributed by atoms with E-state index in [1.165, 1.54) is 6.92 Å². The van der Waals surface area contributed by atoms with Gasteiger partial charge in [-0.25, -0.2) is 4.79 Å². The van der Waals surface area contributed by atoms with Gasteiger partial charge in [0.05, 0.1) is 6.61 Å². The summed E-state index contributed by atoms with van der Waals surface area (Å²) < 4.78 is 4.63. The molecule has 0 aromatic rings. The highest BCUT2D eigenvalue weighted by Crippen LogP contribution is 1.96. The molecule has 0 saturated heterocycles. The third kappa shape index (κ3) is 5.65. The van der Waals surface area contributed by atoms with Crippen LogP contribution in [0, 0.1) is 0 Å². The predicted octanol–water partition coefficient (Wildman–Crippen LogP) is 1.47. The van der Waals surface area contributed by atoms with Gasteiger partial charge in [0.15, 0.2) is 0 Å². The number of allylic oxidation sites excluding steroid dienone is 1. The molecular formula is C9H14O3. The Labute approximate surface area is 72.4 Å². The molecular weight excluding hydrogens is 156 g/mol. The summed E-state index contributed by atoms with van der Waals surface area (Å²) in [6, 6.07) is 0. The molecule has 0 aromatic carbocycles. The fourth-order valence-electron chi connectivity index (χ4n) is 0.657. The summed E-state index contributed by atoms with van der Waals surface area (Å²) >= 11 is 0. The molecule has 0 aromatic heterocycles. The fourth-order valence-corrected chi connectivity index (χ4v) is 0.657. The minimum Gasteiger partial charge on any atom is -0.460 e. The molecule has 0 N–H and O–H groups in total. The van der Waals surface area contributed by atoms with E-state index >= 15 is 0 Å². The Bertz CT molecular complexity index is 173. The number of carbonyl (C=O) groups is 2. The highest BCUT2D eigenvalue weighted by atomic mass is 16.5. The summed E-state index contributed by atoms with van der Waals surface area (Å²) in [5.41, 5.74) is 0. The number of unbranched alkanes of at least 4 members (excludes halogenated alkanes) is 2. The van der Waals surface area contributed by atoms with Gasteiger partial charge in [0, 0.05) is 6.92 Å². The van der Waals surface area contributed by atoms with E-state index in [2.05, 4.69) is 11.3 Å². The van der Waals surface area contributed by atoms with Gasteiger partial charge in [-0.05, 0) is 19.3 Å². The van der Waals surface area contributed by atoms with Crippen molar-refractivity contribution in [1.29, 1.82) is 0 Å². The molecule has 0 unspecified atom stereocenters. The summed E-state index contributed by atoms with van der Waals surface area (Å²) in [6.45, 7) is 5.09. The third-order valence-corrected chi connectivity index (χ3v) is 1.32. The second kappa shape index (κ2) is 6.58. The van der Waals surface area contributed by atoms with Crippen molar-refractivity contribution in [3.63, 3.8) is 0 Å². The van der Waals surface area contributed by atoms with E-state index in [4.69, 9.17) is 0 Å². The molecule has 0 heterocycles. The Kier molecular flexibility index (Phi) is 5.97. The molecule has 0 aliphatic heterocycles. The Morgan fingerprint density at radius 1 is 1.42 bits per heavy atom. The number of Topliss-reactive ketones (excluding diaryl/α,β-unsaturated/α-hetero) is 1. The molecule has 0 spiro atoms. The van der Waals surface area contributed by atoms with E-state index < -0.39 is 11.8 Å². The molecule has 3 nitrogen and oxygen atoms in total. The molecule has 68 valence electrons. The standard InChI is InChI=1S/C9H14O3/c1-3-4-5-6-7-12-9(11)8(2)10/h3H,1,4-7H2,2H3. The Morgan fingerprint density at radius 2 is 2.08 bits per heavy atom. The molecule has 0 radical (unpaired) electrons. The van der Waals surface area contributed by atoms with Crippen molar-refractivity contribution in [1.82, 2.24) is 0 Å². The topological polar surface area (TPSA) is 43.4 Å². The number of ether oxygens (including phenoxy) is 1. The Morgan fingerprint density at radius 3 is 2.58 bits per heavy atom. The van der Waals surface area contributed by atoms with Crippen molar-refractivity contribution in [3.05, 3.63) is 12.7 Å². The lowest BCUT2D eigenvalue weighted by Gasteiger charge is -2.00. The van der Waals surface area contributed by atoms with Crippen LogP contribution in [0.5, 0.6) is 0 Å². The first-order valence-electron chi connectivity index (χ1n) is 3.97. The summed E-state index contributed by atoms with van der Waals surface area (Å²) in [4.78, 5) is 21.0. The molecule has 0 atom stereocenters. The smallest absolute Gasteiger partial charge is 0.374 e. The first kappa shape index (κ1) is 10.9. The van der Waals surface area contributed by atoms with Gasteiger partial charge in [0.2, 0.25) is 5.78 Å². The second-order valence-electron chi connectivity index (χ2n) is 2.48. The van der Waals surface area contributed by atoms with Crippen LogP contribution >= 0.6 is 0 Å². The van der Waals surface area contributed by atoms with Crippen molar-refractivity contribution in [3.8, 4) is 0 Å². The van der Waals surface area contributed by atoms with Gasteiger partial charge in [0.1, 0.15) is 0 Å². The molecule has 0 amide bonds. The maximum Gasteiger partial charge on any atom is 0.374 e. The number of carbonyl (C=O) groups excluding carboxylic acids is 2. The van der Waals surface area contributed by atoms with Gasteiger partial charge in [-0.3, -0.25) is 4.79 Å². The van der Waals surface area contributed by atoms with Crippen LogP contribution in [0.1, 0.15) is 26.2 Å². The van der Waals surface area contributed by atoms with Gasteiger partial charge in [-0.2, -0.15) is 0 Å². The third-order valence-electron chi connectivity index (χ3n) is 1.32. The predicted molar refractivity (Wildman–Crippen MR) is 45.7 cm³/mol. The average Bonchev–Trinajstić information content (AvgIpc) is 2.03. The van der Waals surface area contributed by atoms with Crippen LogP contribution < -0.4 is 0 Å². The van der Waals surface area contributed by atoms with E-state index in [0.29, 0.717) is 6.61 Å². The second-order valence-corrected chi connectivity index (χ2v) is 2.48. The van der Waals surface area contributed by atoms with E-state index in [9.17, 15) is 9.59 Å². The number of ketones is 1. The maximum atomic E-state index is 10.6.